The van der Waals surface area contributed by atoms with E-state index in [0.717, 1.165) is 38.6 Å². The summed E-state index contributed by atoms with van der Waals surface area (Å²) in [4.78, 5) is 0. The molecule has 5 heteroatoms. The first-order chi connectivity index (χ1) is 8.61. The van der Waals surface area contributed by atoms with Crippen LogP contribution < -0.4 is 5.32 Å². The average Bonchev–Trinajstić information content (AvgIpc) is 2.37. The minimum atomic E-state index is -2.98. The lowest BCUT2D eigenvalue weighted by molar-refractivity contribution is 0.199. The van der Waals surface area contributed by atoms with E-state index in [1.165, 1.54) is 0 Å². The van der Waals surface area contributed by atoms with E-state index in [0.29, 0.717) is 13.0 Å². The van der Waals surface area contributed by atoms with Crippen LogP contribution in [-0.4, -0.2) is 45.7 Å². The van der Waals surface area contributed by atoms with Gasteiger partial charge in [0.25, 0.3) is 0 Å². The van der Waals surface area contributed by atoms with Crippen LogP contribution in [0.1, 0.15) is 45.4 Å². The molecule has 0 aromatic carbocycles. The van der Waals surface area contributed by atoms with E-state index in [1.807, 2.05) is 0 Å². The van der Waals surface area contributed by atoms with E-state index in [2.05, 4.69) is 12.2 Å². The number of ether oxygens (including phenoxy) is 1. The summed E-state index contributed by atoms with van der Waals surface area (Å²) in [5.74, 6) is 0.260. The number of methoxy groups -OCH3 is 1. The van der Waals surface area contributed by atoms with Crippen LogP contribution in [0.4, 0.5) is 0 Å². The van der Waals surface area contributed by atoms with Gasteiger partial charge in [-0.25, -0.2) is 8.42 Å². The number of hydrogen-bond acceptors (Lipinski definition) is 4. The number of sulfone groups is 1. The van der Waals surface area contributed by atoms with Crippen LogP contribution in [0.3, 0.4) is 0 Å². The molecule has 0 aliphatic heterocycles. The summed E-state index contributed by atoms with van der Waals surface area (Å²) in [5.41, 5.74) is 0. The molecule has 0 radical (unpaired) electrons. The molecule has 1 N–H and O–H groups in total. The Balaban J connectivity index is 2.57. The Hall–Kier alpha value is -0.130. The number of nitrogens with one attached hydrogen (secondary N) is 1. The fourth-order valence-electron chi connectivity index (χ4n) is 2.65. The highest BCUT2D eigenvalue weighted by atomic mass is 32.2. The molecule has 2 atom stereocenters. The molecule has 108 valence electrons. The Morgan fingerprint density at radius 2 is 2.00 bits per heavy atom. The molecule has 0 aromatic rings. The van der Waals surface area contributed by atoms with Gasteiger partial charge >= 0.3 is 0 Å². The van der Waals surface area contributed by atoms with E-state index in [1.54, 1.807) is 7.11 Å². The van der Waals surface area contributed by atoms with Gasteiger partial charge in [-0.05, 0) is 32.2 Å². The number of rotatable bonds is 8. The summed E-state index contributed by atoms with van der Waals surface area (Å²) in [6.45, 7) is 3.55. The predicted octanol–water partition coefficient (Wildman–Crippen LogP) is 1.75. The molecule has 0 aromatic heterocycles. The van der Waals surface area contributed by atoms with Crippen LogP contribution in [-0.2, 0) is 14.6 Å². The van der Waals surface area contributed by atoms with Crippen molar-refractivity contribution in [1.82, 2.24) is 5.32 Å². The zero-order valence-electron chi connectivity index (χ0n) is 11.7. The third kappa shape index (κ3) is 4.86. The summed E-state index contributed by atoms with van der Waals surface area (Å²) >= 11 is 0. The maximum atomic E-state index is 12.3. The fourth-order valence-corrected chi connectivity index (χ4v) is 4.73. The molecular formula is C13H27NO3S. The molecule has 0 saturated heterocycles. The quantitative estimate of drug-likeness (QED) is 0.687. The minimum absolute atomic E-state index is 0.159. The molecule has 1 aliphatic carbocycles. The second kappa shape index (κ2) is 8.12. The second-order valence-electron chi connectivity index (χ2n) is 5.10. The van der Waals surface area contributed by atoms with E-state index in [9.17, 15) is 8.42 Å². The number of hydrogen-bond donors (Lipinski definition) is 1. The maximum absolute atomic E-state index is 12.3. The lowest BCUT2D eigenvalue weighted by Crippen LogP contribution is -2.47. The molecule has 0 spiro atoms. The average molecular weight is 277 g/mol. The van der Waals surface area contributed by atoms with Crippen LogP contribution in [0, 0.1) is 0 Å². The second-order valence-corrected chi connectivity index (χ2v) is 7.44. The van der Waals surface area contributed by atoms with Crippen LogP contribution in [0.5, 0.6) is 0 Å². The van der Waals surface area contributed by atoms with Gasteiger partial charge in [-0.1, -0.05) is 19.8 Å². The third-order valence-electron chi connectivity index (χ3n) is 3.60. The first-order valence-corrected chi connectivity index (χ1v) is 8.77. The summed E-state index contributed by atoms with van der Waals surface area (Å²) < 4.78 is 29.6. The molecule has 1 aliphatic rings. The van der Waals surface area contributed by atoms with Gasteiger partial charge in [0.05, 0.1) is 11.0 Å². The zero-order chi connectivity index (χ0) is 13.4. The summed E-state index contributed by atoms with van der Waals surface area (Å²) in [7, 11) is -1.37. The van der Waals surface area contributed by atoms with Gasteiger partial charge in [-0.2, -0.15) is 0 Å². The maximum Gasteiger partial charge on any atom is 0.154 e. The Bertz CT molecular complexity index is 316. The van der Waals surface area contributed by atoms with Crippen LogP contribution in [0.25, 0.3) is 0 Å². The predicted molar refractivity (Wildman–Crippen MR) is 74.6 cm³/mol. The minimum Gasteiger partial charge on any atom is -0.385 e. The van der Waals surface area contributed by atoms with Crippen molar-refractivity contribution in [2.75, 3.05) is 26.0 Å². The molecule has 2 unspecified atom stereocenters. The molecular weight excluding hydrogens is 250 g/mol. The smallest absolute Gasteiger partial charge is 0.154 e. The molecule has 1 saturated carbocycles. The molecule has 4 nitrogen and oxygen atoms in total. The van der Waals surface area contributed by atoms with Crippen LogP contribution in [0.15, 0.2) is 0 Å². The van der Waals surface area contributed by atoms with E-state index in [-0.39, 0.29) is 17.0 Å². The van der Waals surface area contributed by atoms with Gasteiger partial charge in [-0.3, -0.25) is 0 Å². The SMILES string of the molecule is CCCNC1CCCCC1S(=O)(=O)CCCOC. The van der Waals surface area contributed by atoms with Crippen molar-refractivity contribution in [2.45, 2.75) is 56.7 Å². The van der Waals surface area contributed by atoms with Crippen molar-refractivity contribution >= 4 is 9.84 Å². The summed E-state index contributed by atoms with van der Waals surface area (Å²) in [5, 5.41) is 3.22. The van der Waals surface area contributed by atoms with Gasteiger partial charge in [0.2, 0.25) is 0 Å². The van der Waals surface area contributed by atoms with Crippen molar-refractivity contribution < 1.29 is 13.2 Å². The zero-order valence-corrected chi connectivity index (χ0v) is 12.5. The fraction of sp³-hybridized carbons (Fsp3) is 1.00. The highest BCUT2D eigenvalue weighted by molar-refractivity contribution is 7.92. The molecule has 18 heavy (non-hydrogen) atoms. The molecule has 1 rings (SSSR count). The normalized spacial score (nSPS) is 25.2. The van der Waals surface area contributed by atoms with Crippen molar-refractivity contribution in [1.29, 1.82) is 0 Å². The van der Waals surface area contributed by atoms with Crippen LogP contribution >= 0.6 is 0 Å². The lowest BCUT2D eigenvalue weighted by atomic mass is 9.95. The Labute approximate surface area is 111 Å². The van der Waals surface area contributed by atoms with Gasteiger partial charge in [0, 0.05) is 19.8 Å². The van der Waals surface area contributed by atoms with E-state index < -0.39 is 9.84 Å². The summed E-state index contributed by atoms with van der Waals surface area (Å²) in [6.07, 6.45) is 5.65. The standard InChI is InChI=1S/C13H27NO3S/c1-3-9-14-12-7-4-5-8-13(12)18(15,16)11-6-10-17-2/h12-14H,3-11H2,1-2H3. The van der Waals surface area contributed by atoms with Crippen molar-refractivity contribution in [3.05, 3.63) is 0 Å². The molecule has 0 heterocycles. The Morgan fingerprint density at radius 3 is 2.67 bits per heavy atom. The molecule has 0 amide bonds. The van der Waals surface area contributed by atoms with E-state index >= 15 is 0 Å². The monoisotopic (exact) mass is 277 g/mol. The summed E-state index contributed by atoms with van der Waals surface area (Å²) in [6, 6.07) is 0.159. The van der Waals surface area contributed by atoms with Gasteiger partial charge in [0.1, 0.15) is 0 Å². The largest absolute Gasteiger partial charge is 0.385 e. The molecule has 1 fully saturated rings. The van der Waals surface area contributed by atoms with Crippen molar-refractivity contribution in [2.24, 2.45) is 0 Å². The van der Waals surface area contributed by atoms with Crippen molar-refractivity contribution in [3.63, 3.8) is 0 Å². The Kier molecular flexibility index (Phi) is 7.19. The van der Waals surface area contributed by atoms with Gasteiger partial charge in [-0.15, -0.1) is 0 Å². The Morgan fingerprint density at radius 1 is 1.28 bits per heavy atom. The van der Waals surface area contributed by atoms with Gasteiger partial charge < -0.3 is 10.1 Å². The lowest BCUT2D eigenvalue weighted by Gasteiger charge is -2.32. The topological polar surface area (TPSA) is 55.4 Å². The molecule has 0 bridgehead atoms. The first-order valence-electron chi connectivity index (χ1n) is 7.05. The highest BCUT2D eigenvalue weighted by Crippen LogP contribution is 2.25. The van der Waals surface area contributed by atoms with Gasteiger partial charge in [0.15, 0.2) is 9.84 Å². The first kappa shape index (κ1) is 15.9. The third-order valence-corrected chi connectivity index (χ3v) is 5.94. The highest BCUT2D eigenvalue weighted by Gasteiger charge is 2.34. The van der Waals surface area contributed by atoms with Crippen molar-refractivity contribution in [3.8, 4) is 0 Å². The van der Waals surface area contributed by atoms with Crippen LogP contribution in [0.2, 0.25) is 0 Å². The van der Waals surface area contributed by atoms with E-state index in [4.69, 9.17) is 4.74 Å².